The van der Waals surface area contributed by atoms with E-state index < -0.39 is 0 Å². The van der Waals surface area contributed by atoms with Gasteiger partial charge in [0.25, 0.3) is 5.91 Å². The zero-order chi connectivity index (χ0) is 14.7. The van der Waals surface area contributed by atoms with E-state index in [-0.39, 0.29) is 5.91 Å². The monoisotopic (exact) mass is 334 g/mol. The molecule has 20 heavy (non-hydrogen) atoms. The Labute approximate surface area is 126 Å². The topological polar surface area (TPSA) is 64.3 Å². The zero-order valence-corrected chi connectivity index (χ0v) is 12.8. The van der Waals surface area contributed by atoms with Crippen molar-refractivity contribution in [3.05, 3.63) is 52.0 Å². The molecular formula is C15H15BrN2O2. The van der Waals surface area contributed by atoms with Gasteiger partial charge in [-0.25, -0.2) is 0 Å². The molecule has 5 heteroatoms. The maximum absolute atomic E-state index is 12.2. The molecule has 0 fully saturated rings. The van der Waals surface area contributed by atoms with Crippen LogP contribution in [0.2, 0.25) is 0 Å². The van der Waals surface area contributed by atoms with Crippen molar-refractivity contribution in [1.82, 2.24) is 0 Å². The van der Waals surface area contributed by atoms with Crippen molar-refractivity contribution in [3.63, 3.8) is 0 Å². The van der Waals surface area contributed by atoms with Crippen molar-refractivity contribution in [3.8, 4) is 5.75 Å². The Bertz CT molecular complexity index is 656. The van der Waals surface area contributed by atoms with Gasteiger partial charge in [-0.2, -0.15) is 0 Å². The Kier molecular flexibility index (Phi) is 4.29. The fraction of sp³-hybridized carbons (Fsp3) is 0.133. The lowest BCUT2D eigenvalue weighted by atomic mass is 10.1. The molecule has 2 aromatic carbocycles. The number of anilines is 2. The summed E-state index contributed by atoms with van der Waals surface area (Å²) in [5.74, 6) is 0.412. The van der Waals surface area contributed by atoms with E-state index >= 15 is 0 Å². The van der Waals surface area contributed by atoms with Gasteiger partial charge in [0.05, 0.1) is 12.8 Å². The molecule has 0 atom stereocenters. The molecule has 0 spiro atoms. The number of carbonyl (C=O) groups excluding carboxylic acids is 1. The SMILES string of the molecule is COc1ccc(NC(=O)c2cc(Br)ccc2C)cc1N. The Morgan fingerprint density at radius 1 is 1.25 bits per heavy atom. The minimum Gasteiger partial charge on any atom is -0.495 e. The second kappa shape index (κ2) is 5.96. The number of ether oxygens (including phenoxy) is 1. The molecular weight excluding hydrogens is 320 g/mol. The van der Waals surface area contributed by atoms with Crippen LogP contribution in [0.4, 0.5) is 11.4 Å². The largest absolute Gasteiger partial charge is 0.495 e. The molecule has 0 unspecified atom stereocenters. The second-order valence-electron chi connectivity index (χ2n) is 4.37. The summed E-state index contributed by atoms with van der Waals surface area (Å²) in [4.78, 5) is 12.2. The van der Waals surface area contributed by atoms with E-state index in [1.807, 2.05) is 19.1 Å². The van der Waals surface area contributed by atoms with Gasteiger partial charge in [-0.15, -0.1) is 0 Å². The van der Waals surface area contributed by atoms with Crippen LogP contribution in [0, 0.1) is 6.92 Å². The highest BCUT2D eigenvalue weighted by Gasteiger charge is 2.10. The van der Waals surface area contributed by atoms with Crippen molar-refractivity contribution in [2.24, 2.45) is 0 Å². The van der Waals surface area contributed by atoms with Crippen molar-refractivity contribution >= 4 is 33.2 Å². The van der Waals surface area contributed by atoms with Gasteiger partial charge in [-0.05, 0) is 42.8 Å². The van der Waals surface area contributed by atoms with Gasteiger partial charge in [0.1, 0.15) is 5.75 Å². The highest BCUT2D eigenvalue weighted by molar-refractivity contribution is 9.10. The molecule has 104 valence electrons. The maximum atomic E-state index is 12.2. The number of nitrogen functional groups attached to an aromatic ring is 1. The second-order valence-corrected chi connectivity index (χ2v) is 5.29. The highest BCUT2D eigenvalue weighted by Crippen LogP contribution is 2.25. The molecule has 0 aliphatic heterocycles. The molecule has 0 aliphatic rings. The fourth-order valence-corrected chi connectivity index (χ4v) is 2.21. The van der Waals surface area contributed by atoms with Gasteiger partial charge in [0, 0.05) is 15.7 Å². The summed E-state index contributed by atoms with van der Waals surface area (Å²) in [7, 11) is 1.55. The summed E-state index contributed by atoms with van der Waals surface area (Å²) < 4.78 is 5.94. The highest BCUT2D eigenvalue weighted by atomic mass is 79.9. The number of nitrogens with one attached hydrogen (secondary N) is 1. The lowest BCUT2D eigenvalue weighted by Gasteiger charge is -2.10. The number of benzene rings is 2. The van der Waals surface area contributed by atoms with E-state index in [2.05, 4.69) is 21.2 Å². The number of carbonyl (C=O) groups is 1. The number of rotatable bonds is 3. The zero-order valence-electron chi connectivity index (χ0n) is 11.2. The molecule has 2 rings (SSSR count). The third kappa shape index (κ3) is 3.11. The van der Waals surface area contributed by atoms with Gasteiger partial charge >= 0.3 is 0 Å². The molecule has 0 saturated carbocycles. The van der Waals surface area contributed by atoms with E-state index in [0.717, 1.165) is 10.0 Å². The Hall–Kier alpha value is -2.01. The van der Waals surface area contributed by atoms with Crippen LogP contribution in [0.1, 0.15) is 15.9 Å². The Morgan fingerprint density at radius 2 is 2.00 bits per heavy atom. The third-order valence-electron chi connectivity index (χ3n) is 2.93. The van der Waals surface area contributed by atoms with E-state index in [4.69, 9.17) is 10.5 Å². The standard InChI is InChI=1S/C15H15BrN2O2/c1-9-3-4-10(16)7-12(9)15(19)18-11-5-6-14(20-2)13(17)8-11/h3-8H,17H2,1-2H3,(H,18,19). The summed E-state index contributed by atoms with van der Waals surface area (Å²) in [5, 5.41) is 2.82. The number of hydrogen-bond acceptors (Lipinski definition) is 3. The van der Waals surface area contributed by atoms with E-state index in [1.165, 1.54) is 0 Å². The first-order chi connectivity index (χ1) is 9.51. The number of aryl methyl sites for hydroxylation is 1. The predicted octanol–water partition coefficient (Wildman–Crippen LogP) is 3.60. The van der Waals surface area contributed by atoms with Crippen LogP contribution in [0.3, 0.4) is 0 Å². The smallest absolute Gasteiger partial charge is 0.255 e. The average Bonchev–Trinajstić information content (AvgIpc) is 2.41. The van der Waals surface area contributed by atoms with Crippen molar-refractivity contribution in [1.29, 1.82) is 0 Å². The minimum atomic E-state index is -0.173. The normalized spacial score (nSPS) is 10.2. The first-order valence-electron chi connectivity index (χ1n) is 6.02. The van der Waals surface area contributed by atoms with Crippen LogP contribution in [0.15, 0.2) is 40.9 Å². The molecule has 0 aromatic heterocycles. The maximum Gasteiger partial charge on any atom is 0.255 e. The Balaban J connectivity index is 2.23. The lowest BCUT2D eigenvalue weighted by Crippen LogP contribution is -2.13. The van der Waals surface area contributed by atoms with Crippen molar-refractivity contribution in [2.45, 2.75) is 6.92 Å². The number of hydrogen-bond donors (Lipinski definition) is 2. The van der Waals surface area contributed by atoms with Gasteiger partial charge in [0.15, 0.2) is 0 Å². The van der Waals surface area contributed by atoms with E-state index in [9.17, 15) is 4.79 Å². The van der Waals surface area contributed by atoms with Crippen molar-refractivity contribution < 1.29 is 9.53 Å². The van der Waals surface area contributed by atoms with Gasteiger partial charge in [-0.1, -0.05) is 22.0 Å². The minimum absolute atomic E-state index is 0.173. The average molecular weight is 335 g/mol. The Morgan fingerprint density at radius 3 is 2.65 bits per heavy atom. The number of halogens is 1. The molecule has 3 N–H and O–H groups in total. The summed E-state index contributed by atoms with van der Waals surface area (Å²) in [5.41, 5.74) is 8.46. The summed E-state index contributed by atoms with van der Waals surface area (Å²) in [6.07, 6.45) is 0. The van der Waals surface area contributed by atoms with Gasteiger partial charge in [-0.3, -0.25) is 4.79 Å². The molecule has 1 amide bonds. The van der Waals surface area contributed by atoms with E-state index in [0.29, 0.717) is 22.7 Å². The predicted molar refractivity (Wildman–Crippen MR) is 84.2 cm³/mol. The quantitative estimate of drug-likeness (QED) is 0.843. The number of amides is 1. The summed E-state index contributed by atoms with van der Waals surface area (Å²) in [6.45, 7) is 1.89. The molecule has 2 aromatic rings. The van der Waals surface area contributed by atoms with Crippen LogP contribution in [0.25, 0.3) is 0 Å². The number of nitrogens with two attached hydrogens (primary N) is 1. The van der Waals surface area contributed by atoms with Crippen LogP contribution in [-0.2, 0) is 0 Å². The van der Waals surface area contributed by atoms with Crippen LogP contribution in [-0.4, -0.2) is 13.0 Å². The molecule has 0 saturated heterocycles. The van der Waals surface area contributed by atoms with Gasteiger partial charge < -0.3 is 15.8 Å². The third-order valence-corrected chi connectivity index (χ3v) is 3.43. The van der Waals surface area contributed by atoms with Gasteiger partial charge in [0.2, 0.25) is 0 Å². The van der Waals surface area contributed by atoms with E-state index in [1.54, 1.807) is 31.4 Å². The first-order valence-corrected chi connectivity index (χ1v) is 6.81. The van der Waals surface area contributed by atoms with Crippen LogP contribution >= 0.6 is 15.9 Å². The number of methoxy groups -OCH3 is 1. The summed E-state index contributed by atoms with van der Waals surface area (Å²) in [6, 6.07) is 10.7. The molecule has 4 nitrogen and oxygen atoms in total. The molecule has 0 heterocycles. The molecule has 0 radical (unpaired) electrons. The molecule has 0 aliphatic carbocycles. The lowest BCUT2D eigenvalue weighted by molar-refractivity contribution is 0.102. The van der Waals surface area contributed by atoms with Crippen molar-refractivity contribution in [2.75, 3.05) is 18.2 Å². The fourth-order valence-electron chi connectivity index (χ4n) is 1.85. The summed E-state index contributed by atoms with van der Waals surface area (Å²) >= 11 is 3.36. The van der Waals surface area contributed by atoms with Crippen LogP contribution < -0.4 is 15.8 Å². The molecule has 0 bridgehead atoms. The van der Waals surface area contributed by atoms with Crippen LogP contribution in [0.5, 0.6) is 5.75 Å². The first kappa shape index (κ1) is 14.4.